The van der Waals surface area contributed by atoms with Crippen LogP contribution in [-0.2, 0) is 0 Å². The predicted octanol–water partition coefficient (Wildman–Crippen LogP) is 2.06. The summed E-state index contributed by atoms with van der Waals surface area (Å²) in [6.45, 7) is 9.31. The molecule has 2 N–H and O–H groups in total. The topological polar surface area (TPSA) is 32.5 Å². The molecule has 2 saturated carbocycles. The van der Waals surface area contributed by atoms with Crippen LogP contribution in [0.3, 0.4) is 0 Å². The maximum Gasteiger partial charge on any atom is 0.0359 e. The fourth-order valence-electron chi connectivity index (χ4n) is 3.76. The third-order valence-electron chi connectivity index (χ3n) is 5.59. The van der Waals surface area contributed by atoms with Gasteiger partial charge in [-0.2, -0.15) is 0 Å². The van der Waals surface area contributed by atoms with Crippen molar-refractivity contribution in [1.82, 2.24) is 9.80 Å². The first-order valence-electron chi connectivity index (χ1n) is 8.35. The van der Waals surface area contributed by atoms with Crippen LogP contribution in [0, 0.1) is 5.92 Å². The lowest BCUT2D eigenvalue weighted by atomic mass is 9.84. The Morgan fingerprint density at radius 3 is 2.21 bits per heavy atom. The molecule has 1 aliphatic heterocycles. The highest BCUT2D eigenvalue weighted by atomic mass is 15.3. The average Bonchev–Trinajstić information content (AvgIpc) is 3.28. The molecule has 19 heavy (non-hydrogen) atoms. The summed E-state index contributed by atoms with van der Waals surface area (Å²) in [6.07, 6.45) is 8.32. The van der Waals surface area contributed by atoms with Gasteiger partial charge in [-0.15, -0.1) is 0 Å². The molecule has 2 aliphatic carbocycles. The van der Waals surface area contributed by atoms with Crippen molar-refractivity contribution in [2.45, 2.75) is 70.0 Å². The number of hydrogen-bond donors (Lipinski definition) is 1. The van der Waals surface area contributed by atoms with Crippen molar-refractivity contribution in [3.05, 3.63) is 0 Å². The Hall–Kier alpha value is -0.120. The van der Waals surface area contributed by atoms with Gasteiger partial charge < -0.3 is 10.6 Å². The van der Waals surface area contributed by atoms with Gasteiger partial charge in [0.05, 0.1) is 0 Å². The highest BCUT2D eigenvalue weighted by Gasteiger charge is 2.46. The molecular weight excluding hydrogens is 234 g/mol. The maximum atomic E-state index is 6.26. The first kappa shape index (κ1) is 13.8. The molecular formula is C16H31N3. The van der Waals surface area contributed by atoms with Gasteiger partial charge in [-0.3, -0.25) is 4.90 Å². The minimum Gasteiger partial charge on any atom is -0.329 e. The second-order valence-corrected chi connectivity index (χ2v) is 7.39. The Morgan fingerprint density at radius 2 is 1.79 bits per heavy atom. The van der Waals surface area contributed by atoms with Crippen molar-refractivity contribution < 1.29 is 0 Å². The summed E-state index contributed by atoms with van der Waals surface area (Å²) < 4.78 is 0. The fourth-order valence-corrected chi connectivity index (χ4v) is 3.76. The Bertz CT molecular complexity index is 299. The normalized spacial score (nSPS) is 28.3. The van der Waals surface area contributed by atoms with Crippen LogP contribution in [-0.4, -0.2) is 53.6 Å². The number of likely N-dealkylation sites (tertiary alicyclic amines) is 1. The molecule has 3 heteroatoms. The van der Waals surface area contributed by atoms with Gasteiger partial charge >= 0.3 is 0 Å². The van der Waals surface area contributed by atoms with Gasteiger partial charge in [-0.25, -0.2) is 0 Å². The lowest BCUT2D eigenvalue weighted by Crippen LogP contribution is -2.61. The summed E-state index contributed by atoms with van der Waals surface area (Å²) in [5, 5.41) is 0. The number of rotatable bonds is 6. The zero-order valence-corrected chi connectivity index (χ0v) is 12.8. The van der Waals surface area contributed by atoms with E-state index < -0.39 is 0 Å². The standard InChI is InChI=1S/C16H31N3/c1-13(2)18-9-7-16(12-17,8-10-18)19(15-5-6-15)11-14-3-4-14/h13-15H,3-12,17H2,1-2H3. The van der Waals surface area contributed by atoms with E-state index in [1.165, 1.54) is 58.2 Å². The lowest BCUT2D eigenvalue weighted by Gasteiger charge is -2.50. The van der Waals surface area contributed by atoms with Crippen molar-refractivity contribution in [1.29, 1.82) is 0 Å². The van der Waals surface area contributed by atoms with Crippen LogP contribution in [0.2, 0.25) is 0 Å². The summed E-state index contributed by atoms with van der Waals surface area (Å²) in [7, 11) is 0. The van der Waals surface area contributed by atoms with Gasteiger partial charge in [-0.05, 0) is 58.3 Å². The van der Waals surface area contributed by atoms with E-state index in [2.05, 4.69) is 23.6 Å². The molecule has 110 valence electrons. The molecule has 0 aromatic heterocycles. The van der Waals surface area contributed by atoms with Gasteiger partial charge in [-0.1, -0.05) is 0 Å². The van der Waals surface area contributed by atoms with E-state index in [0.29, 0.717) is 11.6 Å². The van der Waals surface area contributed by atoms with Crippen LogP contribution in [0.1, 0.15) is 52.4 Å². The van der Waals surface area contributed by atoms with Crippen molar-refractivity contribution >= 4 is 0 Å². The average molecular weight is 265 g/mol. The molecule has 0 aromatic carbocycles. The molecule has 3 nitrogen and oxygen atoms in total. The number of hydrogen-bond acceptors (Lipinski definition) is 3. The summed E-state index contributed by atoms with van der Waals surface area (Å²) in [4.78, 5) is 5.47. The summed E-state index contributed by atoms with van der Waals surface area (Å²) in [5.74, 6) is 0.993. The molecule has 0 amide bonds. The second kappa shape index (κ2) is 5.34. The number of nitrogens with two attached hydrogens (primary N) is 1. The highest BCUT2D eigenvalue weighted by Crippen LogP contribution is 2.42. The van der Waals surface area contributed by atoms with Gasteiger partial charge in [0, 0.05) is 43.8 Å². The van der Waals surface area contributed by atoms with Crippen LogP contribution in [0.25, 0.3) is 0 Å². The van der Waals surface area contributed by atoms with Gasteiger partial charge in [0.2, 0.25) is 0 Å². The first-order chi connectivity index (χ1) is 9.14. The van der Waals surface area contributed by atoms with E-state index in [4.69, 9.17) is 5.73 Å². The monoisotopic (exact) mass is 265 g/mol. The Kier molecular flexibility index (Phi) is 3.89. The van der Waals surface area contributed by atoms with Crippen LogP contribution >= 0.6 is 0 Å². The fraction of sp³-hybridized carbons (Fsp3) is 1.00. The van der Waals surface area contributed by atoms with Crippen molar-refractivity contribution in [2.75, 3.05) is 26.2 Å². The van der Waals surface area contributed by atoms with Crippen LogP contribution in [0.5, 0.6) is 0 Å². The quantitative estimate of drug-likeness (QED) is 0.798. The maximum absolute atomic E-state index is 6.26. The predicted molar refractivity (Wildman–Crippen MR) is 80.2 cm³/mol. The molecule has 3 rings (SSSR count). The smallest absolute Gasteiger partial charge is 0.0359 e. The van der Waals surface area contributed by atoms with E-state index in [9.17, 15) is 0 Å². The van der Waals surface area contributed by atoms with Gasteiger partial charge in [0.1, 0.15) is 0 Å². The van der Waals surface area contributed by atoms with E-state index in [0.717, 1.165) is 18.5 Å². The van der Waals surface area contributed by atoms with Crippen LogP contribution < -0.4 is 5.73 Å². The summed E-state index contributed by atoms with van der Waals surface area (Å²) in [6, 6.07) is 1.56. The summed E-state index contributed by atoms with van der Waals surface area (Å²) >= 11 is 0. The summed E-state index contributed by atoms with van der Waals surface area (Å²) in [5.41, 5.74) is 6.59. The Balaban J connectivity index is 1.67. The Morgan fingerprint density at radius 1 is 1.16 bits per heavy atom. The zero-order valence-electron chi connectivity index (χ0n) is 12.8. The molecule has 3 fully saturated rings. The van der Waals surface area contributed by atoms with E-state index in [1.807, 2.05) is 0 Å². The number of piperidine rings is 1. The molecule has 1 saturated heterocycles. The number of nitrogens with zero attached hydrogens (tertiary/aromatic N) is 2. The molecule has 0 bridgehead atoms. The molecule has 3 aliphatic rings. The van der Waals surface area contributed by atoms with Crippen molar-refractivity contribution in [3.63, 3.8) is 0 Å². The van der Waals surface area contributed by atoms with E-state index >= 15 is 0 Å². The second-order valence-electron chi connectivity index (χ2n) is 7.39. The van der Waals surface area contributed by atoms with Crippen LogP contribution in [0.4, 0.5) is 0 Å². The molecule has 0 atom stereocenters. The SMILES string of the molecule is CC(C)N1CCC(CN)(N(CC2CC2)C2CC2)CC1. The first-order valence-corrected chi connectivity index (χ1v) is 8.35. The minimum atomic E-state index is 0.329. The minimum absolute atomic E-state index is 0.329. The van der Waals surface area contributed by atoms with Crippen molar-refractivity contribution in [2.24, 2.45) is 11.7 Å². The Labute approximate surface area is 118 Å². The third kappa shape index (κ3) is 2.98. The third-order valence-corrected chi connectivity index (χ3v) is 5.59. The largest absolute Gasteiger partial charge is 0.329 e. The van der Waals surface area contributed by atoms with Gasteiger partial charge in [0.15, 0.2) is 0 Å². The van der Waals surface area contributed by atoms with Crippen LogP contribution in [0.15, 0.2) is 0 Å². The lowest BCUT2D eigenvalue weighted by molar-refractivity contribution is 0.00912. The van der Waals surface area contributed by atoms with E-state index in [-0.39, 0.29) is 0 Å². The molecule has 0 spiro atoms. The highest BCUT2D eigenvalue weighted by molar-refractivity contribution is 5.03. The van der Waals surface area contributed by atoms with Gasteiger partial charge in [0.25, 0.3) is 0 Å². The van der Waals surface area contributed by atoms with E-state index in [1.54, 1.807) is 0 Å². The molecule has 1 heterocycles. The molecule has 0 aromatic rings. The molecule has 0 radical (unpaired) electrons. The molecule has 0 unspecified atom stereocenters. The zero-order chi connectivity index (χ0) is 13.5. The van der Waals surface area contributed by atoms with Crippen molar-refractivity contribution in [3.8, 4) is 0 Å².